The van der Waals surface area contributed by atoms with Crippen LogP contribution in [0, 0.1) is 0 Å². The van der Waals surface area contributed by atoms with E-state index in [0.29, 0.717) is 22.7 Å². The van der Waals surface area contributed by atoms with Crippen LogP contribution in [0.15, 0.2) is 67.0 Å². The lowest BCUT2D eigenvalue weighted by Gasteiger charge is -2.22. The van der Waals surface area contributed by atoms with Crippen LogP contribution in [0.5, 0.6) is 11.5 Å². The highest BCUT2D eigenvalue weighted by Gasteiger charge is 2.21. The molecule has 4 aromatic rings. The van der Waals surface area contributed by atoms with Crippen molar-refractivity contribution < 1.29 is 19.1 Å². The summed E-state index contributed by atoms with van der Waals surface area (Å²) < 4.78 is 12.2. The number of nitrogens with one attached hydrogen (secondary N) is 1. The number of nitrogens with zero attached hydrogens (tertiary/aromatic N) is 5. The van der Waals surface area contributed by atoms with E-state index in [-0.39, 0.29) is 38.2 Å². The summed E-state index contributed by atoms with van der Waals surface area (Å²) in [6.07, 6.45) is 3.32. The van der Waals surface area contributed by atoms with Gasteiger partial charge in [-0.2, -0.15) is 0 Å². The summed E-state index contributed by atoms with van der Waals surface area (Å²) in [5.74, 6) is 0.584. The molecule has 33 heavy (non-hydrogen) atoms. The molecule has 0 radical (unpaired) electrons. The predicted molar refractivity (Wildman–Crippen MR) is 118 cm³/mol. The second-order valence-electron chi connectivity index (χ2n) is 7.46. The Morgan fingerprint density at radius 2 is 1.94 bits per heavy atom. The molecule has 0 saturated heterocycles. The van der Waals surface area contributed by atoms with Crippen LogP contribution in [-0.4, -0.2) is 50.0 Å². The number of pyridine rings is 1. The van der Waals surface area contributed by atoms with Crippen molar-refractivity contribution in [2.45, 2.75) is 13.1 Å². The number of benzene rings is 2. The minimum atomic E-state index is -0.338. The number of carbonyl (C=O) groups excluding carboxylic acids is 2. The fraction of sp³-hybridized carbons (Fsp3) is 0.174. The van der Waals surface area contributed by atoms with Crippen molar-refractivity contribution in [3.8, 4) is 11.5 Å². The zero-order valence-corrected chi connectivity index (χ0v) is 17.5. The molecule has 5 rings (SSSR count). The third-order valence-electron chi connectivity index (χ3n) is 5.14. The van der Waals surface area contributed by atoms with Gasteiger partial charge in [0.1, 0.15) is 18.6 Å². The Morgan fingerprint density at radius 3 is 2.82 bits per heavy atom. The van der Waals surface area contributed by atoms with Crippen molar-refractivity contribution in [3.05, 3.63) is 72.6 Å². The first-order valence-electron chi connectivity index (χ1n) is 10.3. The van der Waals surface area contributed by atoms with Crippen molar-refractivity contribution in [1.82, 2.24) is 24.9 Å². The Hall–Kier alpha value is -4.47. The maximum atomic E-state index is 13.2. The number of hydrogen-bond acceptors (Lipinski definition) is 7. The number of anilines is 1. The van der Waals surface area contributed by atoms with Crippen LogP contribution in [0.25, 0.3) is 11.0 Å². The first-order valence-corrected chi connectivity index (χ1v) is 10.3. The Balaban J connectivity index is 1.32. The van der Waals surface area contributed by atoms with E-state index in [1.54, 1.807) is 36.7 Å². The summed E-state index contributed by atoms with van der Waals surface area (Å²) in [6, 6.07) is 16.2. The number of ether oxygens (including phenoxy) is 2. The first kappa shape index (κ1) is 20.4. The Morgan fingerprint density at radius 1 is 1.06 bits per heavy atom. The molecule has 1 N–H and O–H groups in total. The van der Waals surface area contributed by atoms with E-state index in [9.17, 15) is 9.59 Å². The van der Waals surface area contributed by atoms with Gasteiger partial charge in [0.15, 0.2) is 11.5 Å². The van der Waals surface area contributed by atoms with E-state index in [1.165, 1.54) is 9.58 Å². The predicted octanol–water partition coefficient (Wildman–Crippen LogP) is 2.22. The highest BCUT2D eigenvalue weighted by molar-refractivity contribution is 5.95. The van der Waals surface area contributed by atoms with Gasteiger partial charge in [0.05, 0.1) is 5.52 Å². The van der Waals surface area contributed by atoms with Crippen LogP contribution in [0.4, 0.5) is 5.69 Å². The molecule has 0 bridgehead atoms. The van der Waals surface area contributed by atoms with E-state index in [0.717, 1.165) is 11.1 Å². The van der Waals surface area contributed by atoms with E-state index in [4.69, 9.17) is 9.47 Å². The number of amides is 2. The van der Waals surface area contributed by atoms with Crippen molar-refractivity contribution in [3.63, 3.8) is 0 Å². The highest BCUT2D eigenvalue weighted by Crippen LogP contribution is 2.34. The van der Waals surface area contributed by atoms with Crippen LogP contribution in [0.3, 0.4) is 0 Å². The molecule has 2 amide bonds. The molecule has 166 valence electrons. The number of rotatable bonds is 7. The molecule has 1 aliphatic rings. The van der Waals surface area contributed by atoms with Crippen LogP contribution in [-0.2, 0) is 22.7 Å². The van der Waals surface area contributed by atoms with E-state index < -0.39 is 0 Å². The minimum absolute atomic E-state index is 0.0436. The molecule has 0 spiro atoms. The van der Waals surface area contributed by atoms with E-state index in [2.05, 4.69) is 20.6 Å². The van der Waals surface area contributed by atoms with Crippen LogP contribution in [0.2, 0.25) is 0 Å². The molecule has 2 aromatic heterocycles. The quantitative estimate of drug-likeness (QED) is 0.465. The lowest BCUT2D eigenvalue weighted by Crippen LogP contribution is -2.39. The highest BCUT2D eigenvalue weighted by atomic mass is 16.7. The molecule has 1 aliphatic heterocycles. The van der Waals surface area contributed by atoms with Gasteiger partial charge in [-0.15, -0.1) is 5.10 Å². The Kier molecular flexibility index (Phi) is 5.54. The smallest absolute Gasteiger partial charge is 0.245 e. The topological polar surface area (TPSA) is 111 Å². The van der Waals surface area contributed by atoms with Crippen LogP contribution < -0.4 is 14.8 Å². The third kappa shape index (κ3) is 4.59. The molecule has 2 aromatic carbocycles. The molecule has 10 nitrogen and oxygen atoms in total. The largest absolute Gasteiger partial charge is 0.454 e. The summed E-state index contributed by atoms with van der Waals surface area (Å²) in [4.78, 5) is 31.6. The molecule has 0 atom stereocenters. The van der Waals surface area contributed by atoms with Gasteiger partial charge in [-0.05, 0) is 35.9 Å². The van der Waals surface area contributed by atoms with Gasteiger partial charge in [-0.25, -0.2) is 4.68 Å². The van der Waals surface area contributed by atoms with Gasteiger partial charge in [-0.1, -0.05) is 23.4 Å². The number of hydrogen-bond donors (Lipinski definition) is 1. The van der Waals surface area contributed by atoms with Gasteiger partial charge in [0.25, 0.3) is 0 Å². The molecule has 0 fully saturated rings. The second-order valence-corrected chi connectivity index (χ2v) is 7.46. The van der Waals surface area contributed by atoms with Crippen LogP contribution >= 0.6 is 0 Å². The maximum Gasteiger partial charge on any atom is 0.245 e. The van der Waals surface area contributed by atoms with Gasteiger partial charge in [0, 0.05) is 30.7 Å². The zero-order chi connectivity index (χ0) is 22.6. The lowest BCUT2D eigenvalue weighted by molar-refractivity contribution is -0.136. The number of aromatic nitrogens is 4. The first-order chi connectivity index (χ1) is 16.2. The van der Waals surface area contributed by atoms with Crippen LogP contribution in [0.1, 0.15) is 5.56 Å². The average Bonchev–Trinajstić information content (AvgIpc) is 3.46. The van der Waals surface area contributed by atoms with Crippen molar-refractivity contribution in [2.75, 3.05) is 18.7 Å². The summed E-state index contributed by atoms with van der Waals surface area (Å²) in [5, 5.41) is 11.0. The summed E-state index contributed by atoms with van der Waals surface area (Å²) in [7, 11) is 0. The second kappa shape index (κ2) is 8.95. The molecule has 0 unspecified atom stereocenters. The number of carbonyl (C=O) groups is 2. The number of para-hydroxylation sites is 1. The Labute approximate surface area is 188 Å². The van der Waals surface area contributed by atoms with Gasteiger partial charge in [-0.3, -0.25) is 14.6 Å². The van der Waals surface area contributed by atoms with Crippen molar-refractivity contribution in [2.24, 2.45) is 0 Å². The van der Waals surface area contributed by atoms with E-state index in [1.807, 2.05) is 30.3 Å². The zero-order valence-electron chi connectivity index (χ0n) is 17.5. The normalized spacial score (nSPS) is 12.0. The van der Waals surface area contributed by atoms with Crippen molar-refractivity contribution >= 4 is 28.5 Å². The standard InChI is InChI=1S/C23H20N6O4/c30-22(25-17-7-8-20-21(10-17)33-15-32-20)13-28(12-16-4-3-9-24-11-16)23(31)14-29-19-6-2-1-5-18(19)26-27-29/h1-11H,12-15H2,(H,25,30). The number of fused-ring (bicyclic) bond motifs is 2. The molecule has 10 heteroatoms. The molecular formula is C23H20N6O4. The van der Waals surface area contributed by atoms with Gasteiger partial charge < -0.3 is 19.7 Å². The molecule has 3 heterocycles. The third-order valence-corrected chi connectivity index (χ3v) is 5.14. The fourth-order valence-corrected chi connectivity index (χ4v) is 3.55. The molecular weight excluding hydrogens is 424 g/mol. The monoisotopic (exact) mass is 444 g/mol. The van der Waals surface area contributed by atoms with E-state index >= 15 is 0 Å². The summed E-state index contributed by atoms with van der Waals surface area (Å²) in [5.41, 5.74) is 2.81. The van der Waals surface area contributed by atoms with Gasteiger partial charge in [0.2, 0.25) is 18.6 Å². The summed E-state index contributed by atoms with van der Waals surface area (Å²) >= 11 is 0. The van der Waals surface area contributed by atoms with Gasteiger partial charge >= 0.3 is 0 Å². The molecule has 0 aliphatic carbocycles. The average molecular weight is 444 g/mol. The fourth-order valence-electron chi connectivity index (χ4n) is 3.55. The lowest BCUT2D eigenvalue weighted by atomic mass is 10.2. The van der Waals surface area contributed by atoms with Crippen molar-refractivity contribution in [1.29, 1.82) is 0 Å². The SMILES string of the molecule is O=C(CN(Cc1cccnc1)C(=O)Cn1nnc2ccccc21)Nc1ccc2c(c1)OCO2. The maximum absolute atomic E-state index is 13.2. The Bertz CT molecular complexity index is 1310. The summed E-state index contributed by atoms with van der Waals surface area (Å²) in [6.45, 7) is 0.192. The minimum Gasteiger partial charge on any atom is -0.454 e. The molecule has 0 saturated carbocycles.